The van der Waals surface area contributed by atoms with Gasteiger partial charge < -0.3 is 5.21 Å². The molecule has 1 aliphatic rings. The number of nitrogens with zero attached hydrogens (tertiary/aromatic N) is 1. The van der Waals surface area contributed by atoms with Gasteiger partial charge >= 0.3 is 0 Å². The monoisotopic (exact) mass is 172 g/mol. The molecule has 1 aromatic carbocycles. The van der Waals surface area contributed by atoms with E-state index in [1.807, 2.05) is 0 Å². The van der Waals surface area contributed by atoms with Gasteiger partial charge in [0.15, 0.2) is 5.78 Å². The molecule has 1 radical (unpaired) electrons. The third-order valence-corrected chi connectivity index (χ3v) is 1.90. The molecule has 3 heteroatoms. The van der Waals surface area contributed by atoms with E-state index in [9.17, 15) is 4.79 Å². The highest BCUT2D eigenvalue weighted by atomic mass is 16.4. The molecule has 0 bridgehead atoms. The van der Waals surface area contributed by atoms with Gasteiger partial charge in [-0.05, 0) is 6.08 Å². The molecule has 63 valence electrons. The van der Waals surface area contributed by atoms with E-state index in [0.29, 0.717) is 16.8 Å². The lowest BCUT2D eigenvalue weighted by Crippen LogP contribution is -2.12. The maximum absolute atomic E-state index is 11.3. The van der Waals surface area contributed by atoms with Crippen molar-refractivity contribution in [3.63, 3.8) is 0 Å². The van der Waals surface area contributed by atoms with Crippen molar-refractivity contribution in [1.82, 2.24) is 0 Å². The first-order valence-corrected chi connectivity index (χ1v) is 3.78. The molecule has 3 nitrogen and oxygen atoms in total. The van der Waals surface area contributed by atoms with Crippen LogP contribution in [0, 0.1) is 6.08 Å². The van der Waals surface area contributed by atoms with Gasteiger partial charge in [0.05, 0.1) is 0 Å². The maximum atomic E-state index is 11.3. The summed E-state index contributed by atoms with van der Waals surface area (Å²) in [6, 6.07) is 6.97. The average Bonchev–Trinajstić information content (AvgIpc) is 2.19. The molecule has 0 aromatic heterocycles. The van der Waals surface area contributed by atoms with E-state index in [1.54, 1.807) is 24.3 Å². The molecule has 1 N–H and O–H groups in total. The Balaban J connectivity index is 2.68. The van der Waals surface area contributed by atoms with Crippen molar-refractivity contribution in [2.45, 2.75) is 0 Å². The van der Waals surface area contributed by atoms with Gasteiger partial charge in [0.2, 0.25) is 0 Å². The third kappa shape index (κ3) is 1.14. The lowest BCUT2D eigenvalue weighted by atomic mass is 9.95. The minimum Gasteiger partial charge on any atom is -0.410 e. The largest absolute Gasteiger partial charge is 0.410 e. The molecule has 0 heterocycles. The Morgan fingerprint density at radius 2 is 1.92 bits per heavy atom. The fraction of sp³-hybridized carbons (Fsp3) is 0. The fourth-order valence-electron chi connectivity index (χ4n) is 1.28. The zero-order valence-corrected chi connectivity index (χ0v) is 6.69. The summed E-state index contributed by atoms with van der Waals surface area (Å²) in [5, 5.41) is 11.7. The molecule has 0 fully saturated rings. The molecule has 0 saturated carbocycles. The van der Waals surface area contributed by atoms with Crippen molar-refractivity contribution < 1.29 is 10.0 Å². The Morgan fingerprint density at radius 3 is 2.62 bits per heavy atom. The van der Waals surface area contributed by atoms with Crippen LogP contribution >= 0.6 is 0 Å². The number of fused-ring (bicyclic) bond motifs is 1. The van der Waals surface area contributed by atoms with E-state index >= 15 is 0 Å². The molecule has 0 unspecified atom stereocenters. The van der Waals surface area contributed by atoms with Gasteiger partial charge in [0.1, 0.15) is 5.71 Å². The van der Waals surface area contributed by atoms with Gasteiger partial charge in [-0.25, -0.2) is 0 Å². The van der Waals surface area contributed by atoms with Gasteiger partial charge in [-0.3, -0.25) is 4.79 Å². The number of Topliss-reactive ketones (excluding diaryl/α,β-unsaturated/α-hetero) is 1. The second-order valence-electron chi connectivity index (χ2n) is 2.65. The minimum absolute atomic E-state index is 0.178. The number of carbonyl (C=O) groups excluding carboxylic acids is 1. The number of hydrogen-bond acceptors (Lipinski definition) is 3. The molecular formula is C10H6NO2. The summed E-state index contributed by atoms with van der Waals surface area (Å²) in [5.41, 5.74) is 1.54. The minimum atomic E-state index is -0.178. The van der Waals surface area contributed by atoms with Crippen LogP contribution < -0.4 is 0 Å². The summed E-state index contributed by atoms with van der Waals surface area (Å²) in [6.45, 7) is 0. The maximum Gasteiger partial charge on any atom is 0.194 e. The van der Waals surface area contributed by atoms with Crippen LogP contribution in [0.25, 0.3) is 0 Å². The van der Waals surface area contributed by atoms with Crippen LogP contribution in [0.15, 0.2) is 35.5 Å². The number of hydrogen-bond donors (Lipinski definition) is 1. The smallest absolute Gasteiger partial charge is 0.194 e. The molecule has 0 saturated heterocycles. The van der Waals surface area contributed by atoms with Crippen molar-refractivity contribution in [3.05, 3.63) is 47.5 Å². The lowest BCUT2D eigenvalue weighted by Gasteiger charge is -2.08. The van der Waals surface area contributed by atoms with E-state index in [1.165, 1.54) is 6.08 Å². The first-order chi connectivity index (χ1) is 6.33. The number of benzene rings is 1. The van der Waals surface area contributed by atoms with Crippen LogP contribution in [0.1, 0.15) is 15.9 Å². The van der Waals surface area contributed by atoms with Gasteiger partial charge in [-0.2, -0.15) is 0 Å². The second-order valence-corrected chi connectivity index (χ2v) is 2.65. The Morgan fingerprint density at radius 1 is 1.23 bits per heavy atom. The van der Waals surface area contributed by atoms with E-state index < -0.39 is 0 Å². The number of allylic oxidation sites excluding steroid dienone is 2. The van der Waals surface area contributed by atoms with Crippen molar-refractivity contribution in [2.24, 2.45) is 5.16 Å². The predicted octanol–water partition coefficient (Wildman–Crippen LogP) is 1.42. The van der Waals surface area contributed by atoms with Crippen molar-refractivity contribution >= 4 is 11.5 Å². The number of carbonyl (C=O) groups is 1. The van der Waals surface area contributed by atoms with Crippen LogP contribution in [0.3, 0.4) is 0 Å². The standard InChI is InChI=1S/C10H6NO2/c12-10-6-5-9(11-13)7-3-1-2-4-8(7)10/h1-5,13H. The van der Waals surface area contributed by atoms with E-state index in [0.717, 1.165) is 0 Å². The van der Waals surface area contributed by atoms with Crippen LogP contribution in [-0.4, -0.2) is 16.7 Å². The van der Waals surface area contributed by atoms with Gasteiger partial charge in [-0.1, -0.05) is 29.4 Å². The zero-order valence-electron chi connectivity index (χ0n) is 6.69. The second kappa shape index (κ2) is 2.86. The highest BCUT2D eigenvalue weighted by molar-refractivity contribution is 6.22. The summed E-state index contributed by atoms with van der Waals surface area (Å²) in [7, 11) is 0. The highest BCUT2D eigenvalue weighted by Gasteiger charge is 2.16. The Kier molecular flexibility index (Phi) is 1.70. The number of oxime groups is 1. The van der Waals surface area contributed by atoms with Gasteiger partial charge in [-0.15, -0.1) is 0 Å². The average molecular weight is 172 g/mol. The van der Waals surface area contributed by atoms with Gasteiger partial charge in [0.25, 0.3) is 0 Å². The lowest BCUT2D eigenvalue weighted by molar-refractivity contribution is 0.103. The summed E-state index contributed by atoms with van der Waals surface area (Å²) in [6.07, 6.45) is 3.86. The summed E-state index contributed by atoms with van der Waals surface area (Å²) >= 11 is 0. The molecular weight excluding hydrogens is 166 g/mol. The first-order valence-electron chi connectivity index (χ1n) is 3.78. The zero-order chi connectivity index (χ0) is 9.26. The van der Waals surface area contributed by atoms with Crippen molar-refractivity contribution in [2.75, 3.05) is 0 Å². The van der Waals surface area contributed by atoms with Crippen LogP contribution in [-0.2, 0) is 0 Å². The molecule has 2 rings (SSSR count). The predicted molar refractivity (Wildman–Crippen MR) is 46.9 cm³/mol. The molecule has 0 aliphatic heterocycles. The van der Waals surface area contributed by atoms with Crippen molar-refractivity contribution in [1.29, 1.82) is 0 Å². The molecule has 13 heavy (non-hydrogen) atoms. The van der Waals surface area contributed by atoms with E-state index in [4.69, 9.17) is 5.21 Å². The normalized spacial score (nSPS) is 17.5. The van der Waals surface area contributed by atoms with Crippen LogP contribution in [0.2, 0.25) is 0 Å². The third-order valence-electron chi connectivity index (χ3n) is 1.90. The van der Waals surface area contributed by atoms with Crippen LogP contribution in [0.5, 0.6) is 0 Å². The number of rotatable bonds is 0. The highest BCUT2D eigenvalue weighted by Crippen LogP contribution is 2.15. The molecule has 1 aliphatic carbocycles. The van der Waals surface area contributed by atoms with Crippen molar-refractivity contribution in [3.8, 4) is 0 Å². The number of ketones is 1. The molecule has 0 amide bonds. The first kappa shape index (κ1) is 7.73. The molecule has 0 spiro atoms. The summed E-state index contributed by atoms with van der Waals surface area (Å²) in [4.78, 5) is 11.3. The summed E-state index contributed by atoms with van der Waals surface area (Å²) in [5.74, 6) is -0.178. The van der Waals surface area contributed by atoms with E-state index in [-0.39, 0.29) is 5.78 Å². The van der Waals surface area contributed by atoms with E-state index in [2.05, 4.69) is 11.2 Å². The quantitative estimate of drug-likeness (QED) is 0.475. The Labute approximate surface area is 75.0 Å². The SMILES string of the molecule is O=C1[C]=CC(=NO)c2ccccc21. The van der Waals surface area contributed by atoms with Crippen LogP contribution in [0.4, 0.5) is 0 Å². The fourth-order valence-corrected chi connectivity index (χ4v) is 1.28. The molecule has 0 atom stereocenters. The molecule has 1 aromatic rings. The van der Waals surface area contributed by atoms with Gasteiger partial charge in [0, 0.05) is 17.2 Å². The summed E-state index contributed by atoms with van der Waals surface area (Å²) < 4.78 is 0. The Bertz CT molecular complexity index is 419. The Hall–Kier alpha value is -1.90. The topological polar surface area (TPSA) is 49.7 Å².